The van der Waals surface area contributed by atoms with Crippen molar-refractivity contribution in [1.82, 2.24) is 4.90 Å². The number of carbonyl (C=O) groups excluding carboxylic acids is 1. The average molecular weight is 469 g/mol. The van der Waals surface area contributed by atoms with E-state index in [9.17, 15) is 14.9 Å². The molecule has 1 saturated heterocycles. The van der Waals surface area contributed by atoms with Gasteiger partial charge in [-0.25, -0.2) is 0 Å². The fourth-order valence-electron chi connectivity index (χ4n) is 2.59. The van der Waals surface area contributed by atoms with Crippen LogP contribution < -0.4 is 4.74 Å². The number of carbonyl (C=O) groups is 1. The molecule has 29 heavy (non-hydrogen) atoms. The maximum atomic E-state index is 12.3. The highest BCUT2D eigenvalue weighted by Gasteiger charge is 2.30. The molecule has 0 bridgehead atoms. The Morgan fingerprint density at radius 3 is 2.38 bits per heavy atom. The van der Waals surface area contributed by atoms with E-state index in [1.807, 2.05) is 6.92 Å². The molecule has 0 spiro atoms. The predicted molar refractivity (Wildman–Crippen MR) is 119 cm³/mol. The van der Waals surface area contributed by atoms with Crippen LogP contribution in [0.3, 0.4) is 0 Å². The minimum absolute atomic E-state index is 0.00246. The van der Waals surface area contributed by atoms with Crippen LogP contribution in [0.25, 0.3) is 6.08 Å². The Kier molecular flexibility index (Phi) is 6.79. The number of non-ortho nitro benzene ring substituents is 1. The quantitative estimate of drug-likeness (QED) is 0.234. The first-order valence-electron chi connectivity index (χ1n) is 8.40. The molecular formula is C19H14Cl2N2O4S2. The van der Waals surface area contributed by atoms with Crippen molar-refractivity contribution in [2.24, 2.45) is 0 Å². The maximum Gasteiger partial charge on any atom is 0.269 e. The number of nitro groups is 1. The van der Waals surface area contributed by atoms with Gasteiger partial charge in [-0.1, -0.05) is 47.2 Å². The molecule has 1 fully saturated rings. The van der Waals surface area contributed by atoms with Crippen LogP contribution in [0.15, 0.2) is 41.3 Å². The number of thiocarbonyl (C=S) groups is 1. The number of nitro benzene ring substituents is 1. The van der Waals surface area contributed by atoms with Gasteiger partial charge < -0.3 is 4.74 Å². The van der Waals surface area contributed by atoms with Crippen LogP contribution in [0.1, 0.15) is 18.1 Å². The van der Waals surface area contributed by atoms with E-state index in [-0.39, 0.29) is 28.2 Å². The monoisotopic (exact) mass is 468 g/mol. The molecule has 2 aromatic carbocycles. The van der Waals surface area contributed by atoms with E-state index in [0.717, 1.165) is 5.56 Å². The molecule has 0 aliphatic carbocycles. The second-order valence-electron chi connectivity index (χ2n) is 5.95. The number of nitrogens with zero attached hydrogens (tertiary/aromatic N) is 2. The van der Waals surface area contributed by atoms with Gasteiger partial charge in [0.2, 0.25) is 0 Å². The molecule has 0 N–H and O–H groups in total. The van der Waals surface area contributed by atoms with Crippen molar-refractivity contribution < 1.29 is 14.5 Å². The number of hydrogen-bond donors (Lipinski definition) is 0. The Morgan fingerprint density at radius 2 is 1.86 bits per heavy atom. The van der Waals surface area contributed by atoms with E-state index >= 15 is 0 Å². The number of rotatable bonds is 6. The third-order valence-corrected chi connectivity index (χ3v) is 5.98. The van der Waals surface area contributed by atoms with Crippen LogP contribution in [0.5, 0.6) is 5.75 Å². The van der Waals surface area contributed by atoms with Crippen molar-refractivity contribution in [1.29, 1.82) is 0 Å². The smallest absolute Gasteiger partial charge is 0.269 e. The van der Waals surface area contributed by atoms with E-state index in [1.54, 1.807) is 30.3 Å². The van der Waals surface area contributed by atoms with Gasteiger partial charge in [0.1, 0.15) is 10.9 Å². The molecule has 6 nitrogen and oxygen atoms in total. The van der Waals surface area contributed by atoms with Crippen molar-refractivity contribution in [3.8, 4) is 5.75 Å². The van der Waals surface area contributed by atoms with Crippen molar-refractivity contribution in [3.05, 3.63) is 72.6 Å². The van der Waals surface area contributed by atoms with Crippen molar-refractivity contribution >= 4 is 69.2 Å². The van der Waals surface area contributed by atoms with Gasteiger partial charge in [-0.15, -0.1) is 0 Å². The Hall–Kier alpha value is -2.13. The SMILES string of the molecule is CCN1C(=O)/C(=C/c2cc(Cl)c(OCc3ccc([N+](=O)[O-])cc3)c(Cl)c2)SC1=S. The molecule has 1 heterocycles. The van der Waals surface area contributed by atoms with Gasteiger partial charge >= 0.3 is 0 Å². The zero-order valence-corrected chi connectivity index (χ0v) is 18.2. The summed E-state index contributed by atoms with van der Waals surface area (Å²) in [7, 11) is 0. The number of hydrogen-bond acceptors (Lipinski definition) is 6. The first kappa shape index (κ1) is 21.6. The summed E-state index contributed by atoms with van der Waals surface area (Å²) in [6.07, 6.45) is 1.69. The zero-order chi connectivity index (χ0) is 21.1. The molecule has 10 heteroatoms. The number of thioether (sulfide) groups is 1. The highest BCUT2D eigenvalue weighted by molar-refractivity contribution is 8.26. The van der Waals surface area contributed by atoms with Crippen molar-refractivity contribution in [3.63, 3.8) is 0 Å². The highest BCUT2D eigenvalue weighted by atomic mass is 35.5. The summed E-state index contributed by atoms with van der Waals surface area (Å²) < 4.78 is 6.21. The molecule has 0 radical (unpaired) electrons. The topological polar surface area (TPSA) is 72.7 Å². The van der Waals surface area contributed by atoms with Crippen LogP contribution in [0.2, 0.25) is 10.0 Å². The van der Waals surface area contributed by atoms with Gasteiger partial charge in [0, 0.05) is 18.7 Å². The highest BCUT2D eigenvalue weighted by Crippen LogP contribution is 2.37. The standard InChI is InChI=1S/C19H14Cl2N2O4S2/c1-2-22-18(24)16(29-19(22)28)9-12-7-14(20)17(15(21)8-12)27-10-11-3-5-13(6-4-11)23(25)26/h3-9H,2,10H2,1H3/b16-9-. The van der Waals surface area contributed by atoms with Gasteiger partial charge in [-0.05, 0) is 48.4 Å². The van der Waals surface area contributed by atoms with Gasteiger partial charge in [-0.3, -0.25) is 19.8 Å². The average Bonchev–Trinajstić information content (AvgIpc) is 2.94. The van der Waals surface area contributed by atoms with Gasteiger partial charge in [-0.2, -0.15) is 0 Å². The van der Waals surface area contributed by atoms with Gasteiger partial charge in [0.25, 0.3) is 11.6 Å². The molecule has 3 rings (SSSR count). The van der Waals surface area contributed by atoms with E-state index in [1.165, 1.54) is 28.8 Å². The Morgan fingerprint density at radius 1 is 1.24 bits per heavy atom. The summed E-state index contributed by atoms with van der Waals surface area (Å²) in [5, 5.41) is 11.3. The van der Waals surface area contributed by atoms with Crippen LogP contribution in [-0.4, -0.2) is 26.6 Å². The number of benzene rings is 2. The fraction of sp³-hybridized carbons (Fsp3) is 0.158. The normalized spacial score (nSPS) is 15.3. The molecule has 0 atom stereocenters. The maximum absolute atomic E-state index is 12.3. The molecule has 1 aliphatic heterocycles. The lowest BCUT2D eigenvalue weighted by Gasteiger charge is -2.11. The number of ether oxygens (including phenoxy) is 1. The lowest BCUT2D eigenvalue weighted by atomic mass is 10.2. The molecule has 0 saturated carbocycles. The summed E-state index contributed by atoms with van der Waals surface area (Å²) in [5.74, 6) is 0.151. The Labute approximate surface area is 186 Å². The number of amides is 1. The second-order valence-corrected chi connectivity index (χ2v) is 8.44. The summed E-state index contributed by atoms with van der Waals surface area (Å²) in [5.41, 5.74) is 1.39. The molecule has 1 aliphatic rings. The Bertz CT molecular complexity index is 1000. The molecular weight excluding hydrogens is 455 g/mol. The minimum atomic E-state index is -0.467. The van der Waals surface area contributed by atoms with E-state index in [4.69, 9.17) is 40.2 Å². The van der Waals surface area contributed by atoms with Gasteiger partial charge in [0.15, 0.2) is 5.75 Å². The van der Waals surface area contributed by atoms with Crippen molar-refractivity contribution in [2.75, 3.05) is 6.54 Å². The largest absolute Gasteiger partial charge is 0.486 e. The minimum Gasteiger partial charge on any atom is -0.486 e. The molecule has 0 aromatic heterocycles. The lowest BCUT2D eigenvalue weighted by Crippen LogP contribution is -2.27. The molecule has 150 valence electrons. The zero-order valence-electron chi connectivity index (χ0n) is 15.1. The molecule has 1 amide bonds. The summed E-state index contributed by atoms with van der Waals surface area (Å²) in [6.45, 7) is 2.52. The van der Waals surface area contributed by atoms with E-state index in [0.29, 0.717) is 27.1 Å². The van der Waals surface area contributed by atoms with E-state index in [2.05, 4.69) is 0 Å². The molecule has 0 unspecified atom stereocenters. The number of halogens is 2. The third-order valence-electron chi connectivity index (χ3n) is 4.04. The second kappa shape index (κ2) is 9.13. The summed E-state index contributed by atoms with van der Waals surface area (Å²) in [6, 6.07) is 9.30. The van der Waals surface area contributed by atoms with Crippen LogP contribution in [0.4, 0.5) is 5.69 Å². The first-order valence-corrected chi connectivity index (χ1v) is 10.4. The van der Waals surface area contributed by atoms with Gasteiger partial charge in [0.05, 0.1) is 19.9 Å². The van der Waals surface area contributed by atoms with Crippen LogP contribution in [-0.2, 0) is 11.4 Å². The van der Waals surface area contributed by atoms with Crippen molar-refractivity contribution in [2.45, 2.75) is 13.5 Å². The summed E-state index contributed by atoms with van der Waals surface area (Å²) >= 11 is 19.1. The lowest BCUT2D eigenvalue weighted by molar-refractivity contribution is -0.384. The van der Waals surface area contributed by atoms with E-state index < -0.39 is 4.92 Å². The number of likely N-dealkylation sites (N-methyl/N-ethyl adjacent to an activating group) is 1. The summed E-state index contributed by atoms with van der Waals surface area (Å²) in [4.78, 5) is 24.6. The molecule has 2 aromatic rings. The predicted octanol–water partition coefficient (Wildman–Crippen LogP) is 5.70. The first-order chi connectivity index (χ1) is 13.8. The van der Waals surface area contributed by atoms with Crippen LogP contribution in [0, 0.1) is 10.1 Å². The fourth-order valence-corrected chi connectivity index (χ4v) is 4.59. The third kappa shape index (κ3) is 4.90. The van der Waals surface area contributed by atoms with Crippen LogP contribution >= 0.6 is 47.2 Å². The Balaban J connectivity index is 1.76.